The highest BCUT2D eigenvalue weighted by atomic mass is 16.6. The lowest BCUT2D eigenvalue weighted by atomic mass is 9.45. The van der Waals surface area contributed by atoms with E-state index in [9.17, 15) is 14.7 Å². The van der Waals surface area contributed by atoms with Crippen molar-refractivity contribution < 1.29 is 24.2 Å². The highest BCUT2D eigenvalue weighted by molar-refractivity contribution is 5.79. The van der Waals surface area contributed by atoms with Gasteiger partial charge in [0.25, 0.3) is 0 Å². The monoisotopic (exact) mass is 394 g/mol. The summed E-state index contributed by atoms with van der Waals surface area (Å²) in [4.78, 5) is 24.7. The van der Waals surface area contributed by atoms with Gasteiger partial charge in [0.05, 0.1) is 7.11 Å². The Morgan fingerprint density at radius 1 is 1.29 bits per heavy atom. The summed E-state index contributed by atoms with van der Waals surface area (Å²) in [6.07, 6.45) is 5.73. The Kier molecular flexibility index (Phi) is 7.35. The molecule has 2 saturated carbocycles. The third-order valence-corrected chi connectivity index (χ3v) is 7.68. The number of allylic oxidation sites excluding steroid dienone is 1. The first-order valence-electron chi connectivity index (χ1n) is 10.6. The zero-order chi connectivity index (χ0) is 21.1. The molecule has 2 aliphatic rings. The standard InChI is InChI=1S/C23H38O5/c1-15(12-14-24)7-9-18-16(2)8-10-19-22(18,4)13-11-20(28-17(3)25)23(19,5)21(26)27-6/h15,18-20,24H,2,7-14H2,1,3-6H3/t15-,18-,19+,20+,22+,23+/m0/s1. The summed E-state index contributed by atoms with van der Waals surface area (Å²) in [6.45, 7) is 12.4. The molecule has 0 unspecified atom stereocenters. The van der Waals surface area contributed by atoms with E-state index in [0.29, 0.717) is 18.3 Å². The largest absolute Gasteiger partial charge is 0.468 e. The van der Waals surface area contributed by atoms with Crippen molar-refractivity contribution in [2.45, 2.75) is 78.7 Å². The van der Waals surface area contributed by atoms with Gasteiger partial charge in [0, 0.05) is 13.5 Å². The Labute approximate surface area is 169 Å². The van der Waals surface area contributed by atoms with Crippen LogP contribution in [0.25, 0.3) is 0 Å². The normalized spacial score (nSPS) is 36.4. The molecule has 0 aromatic rings. The van der Waals surface area contributed by atoms with Crippen molar-refractivity contribution in [3.8, 4) is 0 Å². The number of carbonyl (C=O) groups is 2. The second-order valence-corrected chi connectivity index (χ2v) is 9.41. The number of hydrogen-bond acceptors (Lipinski definition) is 5. The van der Waals surface area contributed by atoms with Gasteiger partial charge in [-0.25, -0.2) is 0 Å². The lowest BCUT2D eigenvalue weighted by Crippen LogP contribution is -2.60. The van der Waals surface area contributed by atoms with Crippen LogP contribution in [0.15, 0.2) is 12.2 Å². The SMILES string of the molecule is C=C1CC[C@@H]2[C@](C)(CC[C@@H](OC(C)=O)[C@]2(C)C(=O)OC)[C@H]1CC[C@H](C)CCO. The zero-order valence-electron chi connectivity index (χ0n) is 18.3. The molecule has 0 saturated heterocycles. The average Bonchev–Trinajstić information content (AvgIpc) is 2.62. The van der Waals surface area contributed by atoms with Gasteiger partial charge in [-0.15, -0.1) is 0 Å². The summed E-state index contributed by atoms with van der Waals surface area (Å²) in [5.74, 6) is 0.239. The Morgan fingerprint density at radius 3 is 2.54 bits per heavy atom. The maximum Gasteiger partial charge on any atom is 0.315 e. The molecule has 160 valence electrons. The molecule has 0 radical (unpaired) electrons. The van der Waals surface area contributed by atoms with E-state index in [0.717, 1.165) is 38.5 Å². The number of carbonyl (C=O) groups excluding carboxylic acids is 2. The fraction of sp³-hybridized carbons (Fsp3) is 0.826. The molecule has 28 heavy (non-hydrogen) atoms. The van der Waals surface area contributed by atoms with Crippen molar-refractivity contribution in [3.05, 3.63) is 12.2 Å². The first kappa shape index (κ1) is 22.9. The van der Waals surface area contributed by atoms with Gasteiger partial charge in [0.1, 0.15) is 11.5 Å². The first-order chi connectivity index (χ1) is 13.1. The van der Waals surface area contributed by atoms with E-state index in [2.05, 4.69) is 20.4 Å². The van der Waals surface area contributed by atoms with E-state index in [1.165, 1.54) is 19.6 Å². The van der Waals surface area contributed by atoms with Crippen LogP contribution in [-0.2, 0) is 19.1 Å². The highest BCUT2D eigenvalue weighted by Crippen LogP contribution is 2.62. The molecule has 2 aliphatic carbocycles. The number of esters is 2. The molecule has 2 fully saturated rings. The van der Waals surface area contributed by atoms with Gasteiger partial charge in [0.2, 0.25) is 0 Å². The van der Waals surface area contributed by atoms with Crippen LogP contribution in [0.3, 0.4) is 0 Å². The molecule has 0 aromatic heterocycles. The molecule has 0 spiro atoms. The quantitative estimate of drug-likeness (QED) is 0.515. The molecule has 0 heterocycles. The predicted octanol–water partition coefficient (Wildman–Crippen LogP) is 4.28. The van der Waals surface area contributed by atoms with E-state index in [4.69, 9.17) is 9.47 Å². The number of aliphatic hydroxyl groups is 1. The maximum atomic E-state index is 13.0. The number of hydrogen-bond donors (Lipinski definition) is 1. The van der Waals surface area contributed by atoms with Crippen LogP contribution in [0.4, 0.5) is 0 Å². The number of ether oxygens (including phenoxy) is 2. The highest BCUT2D eigenvalue weighted by Gasteiger charge is 2.62. The Morgan fingerprint density at radius 2 is 1.96 bits per heavy atom. The second kappa shape index (κ2) is 8.98. The van der Waals surface area contributed by atoms with Crippen LogP contribution in [0.2, 0.25) is 0 Å². The third-order valence-electron chi connectivity index (χ3n) is 7.68. The van der Waals surface area contributed by atoms with Gasteiger partial charge in [-0.3, -0.25) is 9.59 Å². The van der Waals surface area contributed by atoms with Crippen molar-refractivity contribution in [1.29, 1.82) is 0 Å². The van der Waals surface area contributed by atoms with Crippen molar-refractivity contribution in [3.63, 3.8) is 0 Å². The number of aliphatic hydroxyl groups excluding tert-OH is 1. The predicted molar refractivity (Wildman–Crippen MR) is 108 cm³/mol. The minimum Gasteiger partial charge on any atom is -0.468 e. The van der Waals surface area contributed by atoms with E-state index in [1.807, 2.05) is 6.92 Å². The van der Waals surface area contributed by atoms with E-state index in [-0.39, 0.29) is 29.9 Å². The summed E-state index contributed by atoms with van der Waals surface area (Å²) < 4.78 is 10.8. The van der Waals surface area contributed by atoms with Crippen LogP contribution in [0, 0.1) is 28.6 Å². The molecular weight excluding hydrogens is 356 g/mol. The molecular formula is C23H38O5. The van der Waals surface area contributed by atoms with Crippen molar-refractivity contribution in [1.82, 2.24) is 0 Å². The fourth-order valence-electron chi connectivity index (χ4n) is 6.07. The van der Waals surface area contributed by atoms with Crippen LogP contribution < -0.4 is 0 Å². The Bertz CT molecular complexity index is 600. The van der Waals surface area contributed by atoms with Crippen LogP contribution >= 0.6 is 0 Å². The van der Waals surface area contributed by atoms with Crippen molar-refractivity contribution in [2.24, 2.45) is 28.6 Å². The number of fused-ring (bicyclic) bond motifs is 1. The topological polar surface area (TPSA) is 72.8 Å². The number of rotatable bonds is 7. The van der Waals surface area contributed by atoms with Gasteiger partial charge < -0.3 is 14.6 Å². The summed E-state index contributed by atoms with van der Waals surface area (Å²) >= 11 is 0. The van der Waals surface area contributed by atoms with Crippen molar-refractivity contribution in [2.75, 3.05) is 13.7 Å². The molecule has 0 aromatic carbocycles. The molecule has 0 bridgehead atoms. The van der Waals surface area contributed by atoms with E-state index in [1.54, 1.807) is 0 Å². The maximum absolute atomic E-state index is 13.0. The Hall–Kier alpha value is -1.36. The van der Waals surface area contributed by atoms with Crippen LogP contribution in [0.5, 0.6) is 0 Å². The summed E-state index contributed by atoms with van der Waals surface area (Å²) in [6, 6.07) is 0. The van der Waals surface area contributed by atoms with Crippen LogP contribution in [0.1, 0.15) is 72.6 Å². The summed E-state index contributed by atoms with van der Waals surface area (Å²) in [5.41, 5.74) is 0.352. The minimum atomic E-state index is -0.844. The van der Waals surface area contributed by atoms with Gasteiger partial charge in [-0.1, -0.05) is 32.4 Å². The average molecular weight is 395 g/mol. The number of methoxy groups -OCH3 is 1. The van der Waals surface area contributed by atoms with E-state index < -0.39 is 11.5 Å². The lowest BCUT2D eigenvalue weighted by molar-refractivity contribution is -0.197. The smallest absolute Gasteiger partial charge is 0.315 e. The second-order valence-electron chi connectivity index (χ2n) is 9.41. The third kappa shape index (κ3) is 4.14. The van der Waals surface area contributed by atoms with E-state index >= 15 is 0 Å². The summed E-state index contributed by atoms with van der Waals surface area (Å²) in [7, 11) is 1.42. The molecule has 5 nitrogen and oxygen atoms in total. The van der Waals surface area contributed by atoms with Gasteiger partial charge in [0.15, 0.2) is 0 Å². The molecule has 5 heteroatoms. The minimum absolute atomic E-state index is 0.0755. The van der Waals surface area contributed by atoms with Crippen LogP contribution in [-0.4, -0.2) is 36.9 Å². The zero-order valence-corrected chi connectivity index (χ0v) is 18.3. The first-order valence-corrected chi connectivity index (χ1v) is 10.6. The fourth-order valence-corrected chi connectivity index (χ4v) is 6.07. The van der Waals surface area contributed by atoms with Gasteiger partial charge >= 0.3 is 11.9 Å². The lowest BCUT2D eigenvalue weighted by Gasteiger charge is -2.59. The molecule has 0 aliphatic heterocycles. The Balaban J connectivity index is 2.35. The summed E-state index contributed by atoms with van der Waals surface area (Å²) in [5, 5.41) is 9.21. The van der Waals surface area contributed by atoms with Crippen molar-refractivity contribution >= 4 is 11.9 Å². The van der Waals surface area contributed by atoms with Gasteiger partial charge in [-0.05, 0) is 68.6 Å². The molecule has 2 rings (SSSR count). The molecule has 1 N–H and O–H groups in total. The molecule has 6 atom stereocenters. The molecule has 0 amide bonds. The van der Waals surface area contributed by atoms with Gasteiger partial charge in [-0.2, -0.15) is 0 Å².